The van der Waals surface area contributed by atoms with Gasteiger partial charge < -0.3 is 32.7 Å². The Morgan fingerprint density at radius 3 is 1.74 bits per heavy atom. The van der Waals surface area contributed by atoms with Crippen molar-refractivity contribution in [3.05, 3.63) is 0 Å². The molecule has 244 valence electrons. The zero-order valence-corrected chi connectivity index (χ0v) is 26.9. The van der Waals surface area contributed by atoms with Crippen molar-refractivity contribution in [2.24, 2.45) is 22.4 Å². The van der Waals surface area contributed by atoms with Crippen LogP contribution in [0.25, 0.3) is 0 Å². The highest BCUT2D eigenvalue weighted by molar-refractivity contribution is 5.93. The molecule has 0 radical (unpaired) electrons. The molecular weight excluding hydrogens is 534 g/mol. The minimum atomic E-state index is -0.899. The lowest BCUT2D eigenvalue weighted by Gasteiger charge is -2.23. The number of hydrogen-bond acceptors (Lipinski definition) is 5. The number of unbranched alkanes of at least 4 members (excludes halogenated alkanes) is 12. The molecule has 0 aliphatic heterocycles. The van der Waals surface area contributed by atoms with E-state index >= 15 is 0 Å². The second-order valence-corrected chi connectivity index (χ2v) is 11.6. The van der Waals surface area contributed by atoms with Crippen LogP contribution in [0.4, 0.5) is 0 Å². The Balaban J connectivity index is 4.43. The van der Waals surface area contributed by atoms with Crippen LogP contribution in [0.1, 0.15) is 130 Å². The van der Waals surface area contributed by atoms with Gasteiger partial charge in [-0.15, -0.1) is 0 Å². The summed E-state index contributed by atoms with van der Waals surface area (Å²) in [6.45, 7) is 6.23. The van der Waals surface area contributed by atoms with E-state index in [4.69, 9.17) is 11.5 Å². The molecule has 11 nitrogen and oxygen atoms in total. The van der Waals surface area contributed by atoms with E-state index in [2.05, 4.69) is 33.2 Å². The van der Waals surface area contributed by atoms with E-state index in [-0.39, 0.29) is 36.7 Å². The summed E-state index contributed by atoms with van der Waals surface area (Å²) >= 11 is 0. The average Bonchev–Trinajstić information content (AvgIpc) is 2.94. The van der Waals surface area contributed by atoms with Gasteiger partial charge in [0.05, 0.1) is 6.54 Å². The highest BCUT2D eigenvalue weighted by atomic mass is 16.2. The second-order valence-electron chi connectivity index (χ2n) is 11.6. The number of carbonyl (C=O) groups is 4. The molecule has 42 heavy (non-hydrogen) atoms. The molecule has 8 N–H and O–H groups in total. The van der Waals surface area contributed by atoms with Gasteiger partial charge in [-0.2, -0.15) is 0 Å². The van der Waals surface area contributed by atoms with Gasteiger partial charge in [-0.05, 0) is 31.6 Å². The van der Waals surface area contributed by atoms with Crippen molar-refractivity contribution in [3.8, 4) is 0 Å². The van der Waals surface area contributed by atoms with Crippen LogP contribution in [0.3, 0.4) is 0 Å². The number of hydrogen-bond donors (Lipinski definition) is 6. The maximum absolute atomic E-state index is 13.0. The van der Waals surface area contributed by atoms with Crippen LogP contribution in [-0.4, -0.2) is 61.8 Å². The predicted octanol–water partition coefficient (Wildman–Crippen LogP) is 3.40. The molecule has 0 fully saturated rings. The van der Waals surface area contributed by atoms with Gasteiger partial charge in [-0.25, -0.2) is 0 Å². The van der Waals surface area contributed by atoms with E-state index in [0.717, 1.165) is 19.3 Å². The zero-order valence-electron chi connectivity index (χ0n) is 26.9. The van der Waals surface area contributed by atoms with Gasteiger partial charge in [-0.3, -0.25) is 24.2 Å². The van der Waals surface area contributed by atoms with Crippen LogP contribution in [0.15, 0.2) is 4.99 Å². The standard InChI is InChI=1S/C31H61N7O4/c1-5-6-7-8-9-10-11-12-13-14-15-16-17-20-27(39)36-23-28(40)37-25(19-18-21-35-31(32)33)30(42)38-26(22-24(2)3)29(41)34-4/h24-26H,5-23H2,1-4H3,(H,34,41)(H,36,39)(H,37,40)(H,38,42)(H4,32,33,35)/t25-,26-/m0/s1. The second kappa shape index (κ2) is 25.8. The maximum Gasteiger partial charge on any atom is 0.243 e. The molecule has 11 heteroatoms. The minimum absolute atomic E-state index is 0.0529. The number of amides is 4. The lowest BCUT2D eigenvalue weighted by atomic mass is 10.0. The van der Waals surface area contributed by atoms with Gasteiger partial charge in [0.1, 0.15) is 12.1 Å². The number of carbonyl (C=O) groups excluding carboxylic acids is 4. The van der Waals surface area contributed by atoms with Crippen molar-refractivity contribution in [2.45, 2.75) is 142 Å². The van der Waals surface area contributed by atoms with Gasteiger partial charge in [0.2, 0.25) is 23.6 Å². The van der Waals surface area contributed by atoms with Gasteiger partial charge >= 0.3 is 0 Å². The topological polar surface area (TPSA) is 181 Å². The number of rotatable bonds is 26. The normalized spacial score (nSPS) is 12.3. The van der Waals surface area contributed by atoms with E-state index in [1.165, 1.54) is 71.3 Å². The molecule has 2 atom stereocenters. The number of aliphatic imine (C=N–C) groups is 1. The minimum Gasteiger partial charge on any atom is -0.370 e. The fourth-order valence-corrected chi connectivity index (χ4v) is 4.74. The Bertz CT molecular complexity index is 785. The van der Waals surface area contributed by atoms with Crippen LogP contribution < -0.4 is 32.7 Å². The first-order chi connectivity index (χ1) is 20.1. The first-order valence-electron chi connectivity index (χ1n) is 16.2. The van der Waals surface area contributed by atoms with Crippen molar-refractivity contribution in [2.75, 3.05) is 20.1 Å². The summed E-state index contributed by atoms with van der Waals surface area (Å²) in [6.07, 6.45) is 17.6. The Hall–Kier alpha value is -2.85. The number of nitrogens with zero attached hydrogens (tertiary/aromatic N) is 1. The molecule has 0 saturated heterocycles. The van der Waals surface area contributed by atoms with Gasteiger partial charge in [0.25, 0.3) is 0 Å². The van der Waals surface area contributed by atoms with E-state index in [0.29, 0.717) is 25.8 Å². The molecule has 0 heterocycles. The highest BCUT2D eigenvalue weighted by Crippen LogP contribution is 2.13. The number of nitrogens with one attached hydrogen (secondary N) is 4. The summed E-state index contributed by atoms with van der Waals surface area (Å²) in [5.41, 5.74) is 10.7. The molecule has 0 aromatic rings. The van der Waals surface area contributed by atoms with Crippen molar-refractivity contribution in [1.82, 2.24) is 21.3 Å². The molecule has 4 amide bonds. The Labute approximate surface area is 254 Å². The highest BCUT2D eigenvalue weighted by Gasteiger charge is 2.26. The van der Waals surface area contributed by atoms with Gasteiger partial charge in [0, 0.05) is 20.0 Å². The summed E-state index contributed by atoms with van der Waals surface area (Å²) in [5, 5.41) is 10.6. The summed E-state index contributed by atoms with van der Waals surface area (Å²) < 4.78 is 0. The smallest absolute Gasteiger partial charge is 0.243 e. The van der Waals surface area contributed by atoms with E-state index < -0.39 is 23.9 Å². The summed E-state index contributed by atoms with van der Waals surface area (Å²) in [7, 11) is 1.51. The zero-order chi connectivity index (χ0) is 31.6. The van der Waals surface area contributed by atoms with E-state index in [9.17, 15) is 19.2 Å². The number of guanidine groups is 1. The first-order valence-corrected chi connectivity index (χ1v) is 16.2. The van der Waals surface area contributed by atoms with Crippen LogP contribution in [0.2, 0.25) is 0 Å². The fraction of sp³-hybridized carbons (Fsp3) is 0.839. The molecule has 0 aliphatic carbocycles. The van der Waals surface area contributed by atoms with Crippen LogP contribution in [0, 0.1) is 5.92 Å². The molecule has 0 rings (SSSR count). The Morgan fingerprint density at radius 1 is 0.690 bits per heavy atom. The fourth-order valence-electron chi connectivity index (χ4n) is 4.74. The van der Waals surface area contributed by atoms with E-state index in [1.54, 1.807) is 0 Å². The molecule has 0 aliphatic rings. The molecule has 0 aromatic heterocycles. The largest absolute Gasteiger partial charge is 0.370 e. The summed E-state index contributed by atoms with van der Waals surface area (Å²) in [6, 6.07) is -1.62. The quantitative estimate of drug-likeness (QED) is 0.0506. The molecule has 0 aromatic carbocycles. The molecule has 0 saturated carbocycles. The maximum atomic E-state index is 13.0. The first kappa shape index (κ1) is 39.1. The Kier molecular flexibility index (Phi) is 24.1. The lowest BCUT2D eigenvalue weighted by molar-refractivity contribution is -0.132. The van der Waals surface area contributed by atoms with Gasteiger partial charge in [0.15, 0.2) is 5.96 Å². The third-order valence-electron chi connectivity index (χ3n) is 7.14. The van der Waals surface area contributed by atoms with Crippen LogP contribution in [0.5, 0.6) is 0 Å². The summed E-state index contributed by atoms with van der Waals surface area (Å²) in [5.74, 6) is -1.31. The molecule has 0 spiro atoms. The molecule has 0 bridgehead atoms. The number of likely N-dealkylation sites (N-methyl/N-ethyl adjacent to an activating group) is 1. The van der Waals surface area contributed by atoms with Crippen molar-refractivity contribution in [1.29, 1.82) is 0 Å². The molecule has 0 unspecified atom stereocenters. The van der Waals surface area contributed by atoms with Crippen LogP contribution >= 0.6 is 0 Å². The Morgan fingerprint density at radius 2 is 1.24 bits per heavy atom. The van der Waals surface area contributed by atoms with Crippen molar-refractivity contribution >= 4 is 29.6 Å². The predicted molar refractivity (Wildman–Crippen MR) is 171 cm³/mol. The SMILES string of the molecule is CCCCCCCCCCCCCCCC(=O)NCC(=O)N[C@@H](CCCN=C(N)N)C(=O)N[C@@H](CC(C)C)C(=O)NC. The molecular formula is C31H61N7O4. The summed E-state index contributed by atoms with van der Waals surface area (Å²) in [4.78, 5) is 54.1. The average molecular weight is 596 g/mol. The third kappa shape index (κ3) is 22.8. The van der Waals surface area contributed by atoms with Crippen molar-refractivity contribution < 1.29 is 19.2 Å². The van der Waals surface area contributed by atoms with Gasteiger partial charge in [-0.1, -0.05) is 97.8 Å². The van der Waals surface area contributed by atoms with Crippen LogP contribution in [-0.2, 0) is 19.2 Å². The lowest BCUT2D eigenvalue weighted by Crippen LogP contribution is -2.54. The third-order valence-corrected chi connectivity index (χ3v) is 7.14. The monoisotopic (exact) mass is 595 g/mol. The van der Waals surface area contributed by atoms with Crippen molar-refractivity contribution in [3.63, 3.8) is 0 Å². The van der Waals surface area contributed by atoms with E-state index in [1.807, 2.05) is 13.8 Å². The number of nitrogens with two attached hydrogens (primary N) is 2.